The molecule has 3 rings (SSSR count). The van der Waals surface area contributed by atoms with Gasteiger partial charge in [-0.3, -0.25) is 4.79 Å². The molecule has 0 aromatic carbocycles. The van der Waals surface area contributed by atoms with E-state index in [9.17, 15) is 4.79 Å². The van der Waals surface area contributed by atoms with Gasteiger partial charge in [-0.25, -0.2) is 0 Å². The Balaban J connectivity index is 1.69. The Kier molecular flexibility index (Phi) is 3.55. The third-order valence-electron chi connectivity index (χ3n) is 5.60. The van der Waals surface area contributed by atoms with Crippen LogP contribution in [0.25, 0.3) is 0 Å². The number of hydrogen-bond acceptors (Lipinski definition) is 4. The predicted molar refractivity (Wildman–Crippen MR) is 75.4 cm³/mol. The second kappa shape index (κ2) is 4.97. The second-order valence-corrected chi connectivity index (χ2v) is 6.96. The van der Waals surface area contributed by atoms with Crippen molar-refractivity contribution in [3.05, 3.63) is 0 Å². The highest BCUT2D eigenvalue weighted by molar-refractivity contribution is 5.86. The largest absolute Gasteiger partial charge is 0.377 e. The zero-order chi connectivity index (χ0) is 14.4. The van der Waals surface area contributed by atoms with E-state index in [1.54, 1.807) is 7.11 Å². The van der Waals surface area contributed by atoms with Gasteiger partial charge in [0, 0.05) is 31.1 Å². The fourth-order valence-corrected chi connectivity index (χ4v) is 4.24. The molecule has 0 aromatic rings. The van der Waals surface area contributed by atoms with Crippen LogP contribution in [0.3, 0.4) is 0 Å². The fourth-order valence-electron chi connectivity index (χ4n) is 4.24. The number of carbonyl (C=O) groups excluding carboxylic acids is 1. The molecule has 2 N–H and O–H groups in total. The molecule has 0 aromatic heterocycles. The molecule has 3 fully saturated rings. The summed E-state index contributed by atoms with van der Waals surface area (Å²) >= 11 is 0. The summed E-state index contributed by atoms with van der Waals surface area (Å²) in [5.74, 6) is 0.537. The predicted octanol–water partition coefficient (Wildman–Crippen LogP) is 0.685. The van der Waals surface area contributed by atoms with Crippen LogP contribution in [-0.4, -0.2) is 50.5 Å². The van der Waals surface area contributed by atoms with Crippen molar-refractivity contribution in [3.63, 3.8) is 0 Å². The number of carbonyl (C=O) groups is 1. The summed E-state index contributed by atoms with van der Waals surface area (Å²) in [5.41, 5.74) is -0.620. The zero-order valence-electron chi connectivity index (χ0n) is 12.7. The van der Waals surface area contributed by atoms with Crippen LogP contribution < -0.4 is 10.6 Å². The molecule has 5 nitrogen and oxygen atoms in total. The Labute approximate surface area is 120 Å². The van der Waals surface area contributed by atoms with Gasteiger partial charge in [0.1, 0.15) is 5.60 Å². The summed E-state index contributed by atoms with van der Waals surface area (Å²) in [6, 6.07) is 0.212. The van der Waals surface area contributed by atoms with Crippen LogP contribution in [-0.2, 0) is 14.3 Å². The lowest BCUT2D eigenvalue weighted by Crippen LogP contribution is -2.69. The van der Waals surface area contributed by atoms with Crippen LogP contribution in [0.5, 0.6) is 0 Å². The van der Waals surface area contributed by atoms with Gasteiger partial charge >= 0.3 is 0 Å². The molecule has 0 bridgehead atoms. The first kappa shape index (κ1) is 14.3. The lowest BCUT2D eigenvalue weighted by molar-refractivity contribution is -0.158. The van der Waals surface area contributed by atoms with Gasteiger partial charge in [-0.05, 0) is 32.4 Å². The quantitative estimate of drug-likeness (QED) is 0.799. The summed E-state index contributed by atoms with van der Waals surface area (Å²) in [7, 11) is 1.65. The molecule has 3 unspecified atom stereocenters. The summed E-state index contributed by atoms with van der Waals surface area (Å²) in [6.45, 7) is 6.87. The smallest absolute Gasteiger partial charge is 0.252 e. The first-order chi connectivity index (χ1) is 9.51. The number of methoxy groups -OCH3 is 1. The summed E-state index contributed by atoms with van der Waals surface area (Å²) in [5, 5.41) is 6.55. The maximum absolute atomic E-state index is 12.7. The van der Waals surface area contributed by atoms with Gasteiger partial charge < -0.3 is 20.1 Å². The van der Waals surface area contributed by atoms with Crippen molar-refractivity contribution in [2.75, 3.05) is 26.8 Å². The Morgan fingerprint density at radius 3 is 2.70 bits per heavy atom. The number of amides is 1. The molecule has 5 heteroatoms. The minimum atomic E-state index is -0.647. The molecule has 1 saturated carbocycles. The molecule has 2 saturated heterocycles. The molecule has 20 heavy (non-hydrogen) atoms. The lowest BCUT2D eigenvalue weighted by atomic mass is 9.57. The normalized spacial score (nSPS) is 37.9. The van der Waals surface area contributed by atoms with E-state index in [0.29, 0.717) is 12.0 Å². The highest BCUT2D eigenvalue weighted by Crippen LogP contribution is 2.52. The van der Waals surface area contributed by atoms with E-state index in [-0.39, 0.29) is 17.4 Å². The first-order valence-electron chi connectivity index (χ1n) is 7.70. The summed E-state index contributed by atoms with van der Waals surface area (Å²) in [6.07, 6.45) is 2.85. The van der Waals surface area contributed by atoms with Crippen molar-refractivity contribution in [2.24, 2.45) is 11.3 Å². The van der Waals surface area contributed by atoms with E-state index < -0.39 is 5.60 Å². The van der Waals surface area contributed by atoms with Gasteiger partial charge in [-0.15, -0.1) is 0 Å². The highest BCUT2D eigenvalue weighted by Gasteiger charge is 2.60. The van der Waals surface area contributed by atoms with Crippen LogP contribution in [0.4, 0.5) is 0 Å². The second-order valence-electron chi connectivity index (χ2n) is 6.96. The van der Waals surface area contributed by atoms with Crippen molar-refractivity contribution in [2.45, 2.75) is 50.9 Å². The van der Waals surface area contributed by atoms with E-state index in [1.807, 2.05) is 0 Å². The van der Waals surface area contributed by atoms with Crippen molar-refractivity contribution in [1.82, 2.24) is 10.6 Å². The molecule has 3 atom stereocenters. The van der Waals surface area contributed by atoms with E-state index in [4.69, 9.17) is 9.47 Å². The Bertz CT molecular complexity index is 391. The van der Waals surface area contributed by atoms with Crippen molar-refractivity contribution in [1.29, 1.82) is 0 Å². The van der Waals surface area contributed by atoms with Crippen LogP contribution >= 0.6 is 0 Å². The van der Waals surface area contributed by atoms with E-state index in [1.165, 1.54) is 0 Å². The Morgan fingerprint density at radius 2 is 2.05 bits per heavy atom. The monoisotopic (exact) mass is 282 g/mol. The number of ether oxygens (including phenoxy) is 2. The minimum absolute atomic E-state index is 0.0265. The van der Waals surface area contributed by atoms with Gasteiger partial charge in [-0.2, -0.15) is 0 Å². The van der Waals surface area contributed by atoms with Gasteiger partial charge in [-0.1, -0.05) is 13.8 Å². The SMILES string of the molecule is COC1(C(=O)NC2C3CCOC3C2(C)C)CCNCC1. The topological polar surface area (TPSA) is 59.6 Å². The van der Waals surface area contributed by atoms with Crippen molar-refractivity contribution in [3.8, 4) is 0 Å². The summed E-state index contributed by atoms with van der Waals surface area (Å²) < 4.78 is 11.4. The molecular weight excluding hydrogens is 256 g/mol. The van der Waals surface area contributed by atoms with E-state index >= 15 is 0 Å². The van der Waals surface area contributed by atoms with Gasteiger partial charge in [0.05, 0.1) is 6.10 Å². The van der Waals surface area contributed by atoms with Crippen LogP contribution in [0.1, 0.15) is 33.1 Å². The van der Waals surface area contributed by atoms with E-state index in [0.717, 1.165) is 39.0 Å². The number of piperidine rings is 1. The fraction of sp³-hybridized carbons (Fsp3) is 0.933. The third kappa shape index (κ3) is 1.98. The Hall–Kier alpha value is -0.650. The number of hydrogen-bond donors (Lipinski definition) is 2. The van der Waals surface area contributed by atoms with E-state index in [2.05, 4.69) is 24.5 Å². The van der Waals surface area contributed by atoms with Crippen molar-refractivity contribution < 1.29 is 14.3 Å². The average Bonchev–Trinajstić information content (AvgIpc) is 2.92. The third-order valence-corrected chi connectivity index (χ3v) is 5.60. The number of fused-ring (bicyclic) bond motifs is 1. The van der Waals surface area contributed by atoms with Gasteiger partial charge in [0.2, 0.25) is 0 Å². The van der Waals surface area contributed by atoms with Gasteiger partial charge in [0.15, 0.2) is 0 Å². The van der Waals surface area contributed by atoms with Crippen LogP contribution in [0.2, 0.25) is 0 Å². The molecular formula is C15H26N2O3. The minimum Gasteiger partial charge on any atom is -0.377 e. The molecule has 2 aliphatic heterocycles. The molecule has 0 radical (unpaired) electrons. The van der Waals surface area contributed by atoms with Gasteiger partial charge in [0.25, 0.3) is 5.91 Å². The Morgan fingerprint density at radius 1 is 1.35 bits per heavy atom. The molecule has 114 valence electrons. The molecule has 0 spiro atoms. The maximum atomic E-state index is 12.7. The molecule has 3 aliphatic rings. The molecule has 1 amide bonds. The maximum Gasteiger partial charge on any atom is 0.252 e. The lowest BCUT2D eigenvalue weighted by Gasteiger charge is -2.55. The first-order valence-corrected chi connectivity index (χ1v) is 7.70. The molecule has 1 aliphatic carbocycles. The average molecular weight is 282 g/mol. The number of nitrogens with one attached hydrogen (secondary N) is 2. The van der Waals surface area contributed by atoms with Crippen molar-refractivity contribution >= 4 is 5.91 Å². The number of rotatable bonds is 3. The highest BCUT2D eigenvalue weighted by atomic mass is 16.5. The van der Waals surface area contributed by atoms with Crippen LogP contribution in [0.15, 0.2) is 0 Å². The molecule has 2 heterocycles. The standard InChI is InChI=1S/C15H26N2O3/c1-14(2)11(10-4-9-20-12(10)14)17-13(18)15(19-3)5-7-16-8-6-15/h10-12,16H,4-9H2,1-3H3,(H,17,18). The summed E-state index contributed by atoms with van der Waals surface area (Å²) in [4.78, 5) is 12.7. The van der Waals surface area contributed by atoms with Crippen LogP contribution in [0, 0.1) is 11.3 Å². The zero-order valence-corrected chi connectivity index (χ0v) is 12.7.